The number of rotatable bonds is 9. The van der Waals surface area contributed by atoms with Crippen LogP contribution in [-0.2, 0) is 28.1 Å². The Morgan fingerprint density at radius 3 is 1.59 bits per heavy atom. The molecule has 0 radical (unpaired) electrons. The average Bonchev–Trinajstić information content (AvgIpc) is 3.31. The van der Waals surface area contributed by atoms with E-state index in [0.717, 1.165) is 22.8 Å². The number of fused-ring (bicyclic) bond motifs is 5. The standard InChI is InChI=1S/C40H32O6/c41-38(45-22-7-14-28-12-5-10-26-8-1-3-15-32(26)28)30-17-19-34-35-20-18-31(25-37(35)40(43,44)36(34)24-30)39(42)46-23-21-29-13-6-11-27-9-2-4-16-33(27)29/h1-6,8-13,15-20,24-25,43-44H,7,14,21-23H2. The van der Waals surface area contributed by atoms with Gasteiger partial charge in [-0.2, -0.15) is 0 Å². The SMILES string of the molecule is O=C(OCCCc1cccc2ccccc12)c1ccc2c(c1)C(O)(O)c1cc(C(=O)OCCc3cccc4ccccc34)ccc1-2. The number of hydrogen-bond donors (Lipinski definition) is 2. The molecule has 6 aromatic rings. The predicted octanol–water partition coefficient (Wildman–Crippen LogP) is 7.35. The Labute approximate surface area is 266 Å². The van der Waals surface area contributed by atoms with Gasteiger partial charge in [0, 0.05) is 17.5 Å². The van der Waals surface area contributed by atoms with Crippen LogP contribution in [0.4, 0.5) is 0 Å². The number of carbonyl (C=O) groups excluding carboxylic acids is 2. The second kappa shape index (κ2) is 12.2. The highest BCUT2D eigenvalue weighted by Crippen LogP contribution is 2.46. The van der Waals surface area contributed by atoms with Crippen molar-refractivity contribution in [1.29, 1.82) is 0 Å². The lowest BCUT2D eigenvalue weighted by Crippen LogP contribution is -2.24. The smallest absolute Gasteiger partial charge is 0.338 e. The number of esters is 2. The van der Waals surface area contributed by atoms with Crippen LogP contribution in [0, 0.1) is 0 Å². The molecule has 6 heteroatoms. The highest BCUT2D eigenvalue weighted by Gasteiger charge is 2.41. The minimum Gasteiger partial charge on any atom is -0.462 e. The molecule has 0 heterocycles. The predicted molar refractivity (Wildman–Crippen MR) is 178 cm³/mol. The van der Waals surface area contributed by atoms with Gasteiger partial charge in [0.2, 0.25) is 5.79 Å². The van der Waals surface area contributed by atoms with Crippen LogP contribution < -0.4 is 0 Å². The molecule has 2 N–H and O–H groups in total. The third-order valence-corrected chi connectivity index (χ3v) is 8.74. The summed E-state index contributed by atoms with van der Waals surface area (Å²) < 4.78 is 11.1. The van der Waals surface area contributed by atoms with Crippen LogP contribution in [0.1, 0.15) is 49.4 Å². The first-order valence-corrected chi connectivity index (χ1v) is 15.4. The number of aryl methyl sites for hydroxylation is 1. The first-order chi connectivity index (χ1) is 22.4. The van der Waals surface area contributed by atoms with E-state index in [0.29, 0.717) is 24.0 Å². The summed E-state index contributed by atoms with van der Waals surface area (Å²) in [7, 11) is 0. The Morgan fingerprint density at radius 2 is 1.02 bits per heavy atom. The van der Waals surface area contributed by atoms with Crippen molar-refractivity contribution in [2.45, 2.75) is 25.0 Å². The van der Waals surface area contributed by atoms with Gasteiger partial charge in [-0.05, 0) is 80.9 Å². The third kappa shape index (κ3) is 5.53. The second-order valence-corrected chi connectivity index (χ2v) is 11.6. The van der Waals surface area contributed by atoms with Crippen LogP contribution in [0.2, 0.25) is 0 Å². The number of aliphatic hydroxyl groups is 2. The van der Waals surface area contributed by atoms with Gasteiger partial charge in [-0.15, -0.1) is 0 Å². The van der Waals surface area contributed by atoms with Crippen molar-refractivity contribution in [3.63, 3.8) is 0 Å². The van der Waals surface area contributed by atoms with Gasteiger partial charge in [-0.3, -0.25) is 0 Å². The first kappa shape index (κ1) is 29.4. The molecule has 0 amide bonds. The van der Waals surface area contributed by atoms with Crippen LogP contribution in [0.15, 0.2) is 121 Å². The minimum absolute atomic E-state index is 0.159. The van der Waals surface area contributed by atoms with Gasteiger partial charge in [-0.25, -0.2) is 9.59 Å². The quantitative estimate of drug-likeness (QED) is 0.101. The van der Waals surface area contributed by atoms with Crippen molar-refractivity contribution < 1.29 is 29.3 Å². The van der Waals surface area contributed by atoms with Crippen molar-refractivity contribution in [2.24, 2.45) is 0 Å². The lowest BCUT2D eigenvalue weighted by atomic mass is 10.0. The summed E-state index contributed by atoms with van der Waals surface area (Å²) in [6, 6.07) is 38.0. The van der Waals surface area contributed by atoms with Crippen molar-refractivity contribution in [3.05, 3.63) is 155 Å². The lowest BCUT2D eigenvalue weighted by Gasteiger charge is -2.19. The molecule has 6 aromatic carbocycles. The molecular formula is C40H32O6. The molecule has 0 bridgehead atoms. The van der Waals surface area contributed by atoms with E-state index in [1.165, 1.54) is 28.5 Å². The van der Waals surface area contributed by atoms with Crippen molar-refractivity contribution >= 4 is 33.5 Å². The first-order valence-electron chi connectivity index (χ1n) is 15.4. The Balaban J connectivity index is 0.993. The van der Waals surface area contributed by atoms with Crippen molar-refractivity contribution in [3.8, 4) is 11.1 Å². The van der Waals surface area contributed by atoms with Gasteiger partial charge in [-0.1, -0.05) is 97.1 Å². The van der Waals surface area contributed by atoms with E-state index >= 15 is 0 Å². The topological polar surface area (TPSA) is 93.1 Å². The normalized spacial score (nSPS) is 12.9. The zero-order chi connectivity index (χ0) is 31.7. The maximum Gasteiger partial charge on any atom is 0.338 e. The molecule has 0 saturated heterocycles. The monoisotopic (exact) mass is 608 g/mol. The van der Waals surface area contributed by atoms with Gasteiger partial charge >= 0.3 is 11.9 Å². The highest BCUT2D eigenvalue weighted by molar-refractivity contribution is 5.94. The van der Waals surface area contributed by atoms with Crippen LogP contribution in [0.25, 0.3) is 32.7 Å². The summed E-state index contributed by atoms with van der Waals surface area (Å²) in [5, 5.41) is 27.0. The Bertz CT molecular complexity index is 2100. The second-order valence-electron chi connectivity index (χ2n) is 11.6. The van der Waals surface area contributed by atoms with Gasteiger partial charge in [0.05, 0.1) is 24.3 Å². The van der Waals surface area contributed by atoms with E-state index in [-0.39, 0.29) is 35.5 Å². The largest absolute Gasteiger partial charge is 0.462 e. The average molecular weight is 609 g/mol. The van der Waals surface area contributed by atoms with Crippen molar-refractivity contribution in [2.75, 3.05) is 13.2 Å². The highest BCUT2D eigenvalue weighted by atomic mass is 16.5. The Kier molecular flexibility index (Phi) is 7.83. The maximum atomic E-state index is 13.0. The van der Waals surface area contributed by atoms with E-state index in [1.54, 1.807) is 24.3 Å². The molecular weight excluding hydrogens is 576 g/mol. The molecule has 7 rings (SSSR count). The van der Waals surface area contributed by atoms with Gasteiger partial charge < -0.3 is 19.7 Å². The maximum absolute atomic E-state index is 13.0. The van der Waals surface area contributed by atoms with E-state index in [4.69, 9.17) is 9.47 Å². The van der Waals surface area contributed by atoms with E-state index in [9.17, 15) is 19.8 Å². The van der Waals surface area contributed by atoms with Crippen LogP contribution in [0.5, 0.6) is 0 Å². The van der Waals surface area contributed by atoms with Gasteiger partial charge in [0.25, 0.3) is 0 Å². The number of carbonyl (C=O) groups is 2. The van der Waals surface area contributed by atoms with Crippen LogP contribution in [0.3, 0.4) is 0 Å². The van der Waals surface area contributed by atoms with Crippen molar-refractivity contribution in [1.82, 2.24) is 0 Å². The molecule has 0 aromatic heterocycles. The molecule has 46 heavy (non-hydrogen) atoms. The zero-order valence-electron chi connectivity index (χ0n) is 25.1. The summed E-state index contributed by atoms with van der Waals surface area (Å²) in [6.45, 7) is 0.412. The molecule has 1 aliphatic rings. The fraction of sp³-hybridized carbons (Fsp3) is 0.150. The zero-order valence-corrected chi connectivity index (χ0v) is 25.1. The minimum atomic E-state index is -2.39. The molecule has 0 saturated carbocycles. The summed E-state index contributed by atoms with van der Waals surface area (Å²) in [5.41, 5.74) is 4.17. The van der Waals surface area contributed by atoms with E-state index in [1.807, 2.05) is 60.7 Å². The van der Waals surface area contributed by atoms with Crippen LogP contribution >= 0.6 is 0 Å². The molecule has 0 fully saturated rings. The summed E-state index contributed by atoms with van der Waals surface area (Å²) in [6.07, 6.45) is 1.97. The number of ether oxygens (including phenoxy) is 2. The molecule has 0 unspecified atom stereocenters. The van der Waals surface area contributed by atoms with E-state index < -0.39 is 17.7 Å². The number of hydrogen-bond acceptors (Lipinski definition) is 6. The molecule has 0 aliphatic heterocycles. The Hall–Kier alpha value is -5.30. The molecule has 6 nitrogen and oxygen atoms in total. The Morgan fingerprint density at radius 1 is 0.543 bits per heavy atom. The fourth-order valence-electron chi connectivity index (χ4n) is 6.40. The lowest BCUT2D eigenvalue weighted by molar-refractivity contribution is -0.128. The van der Waals surface area contributed by atoms with Gasteiger partial charge in [0.1, 0.15) is 0 Å². The molecule has 228 valence electrons. The molecule has 0 atom stereocenters. The van der Waals surface area contributed by atoms with Gasteiger partial charge in [0.15, 0.2) is 0 Å². The fourth-order valence-corrected chi connectivity index (χ4v) is 6.40. The third-order valence-electron chi connectivity index (χ3n) is 8.74. The van der Waals surface area contributed by atoms with Crippen LogP contribution in [-0.4, -0.2) is 35.4 Å². The molecule has 0 spiro atoms. The molecule has 1 aliphatic carbocycles. The summed E-state index contributed by atoms with van der Waals surface area (Å²) in [5.74, 6) is -3.49. The van der Waals surface area contributed by atoms with E-state index in [2.05, 4.69) is 24.3 Å². The summed E-state index contributed by atoms with van der Waals surface area (Å²) >= 11 is 0. The number of benzene rings is 6. The summed E-state index contributed by atoms with van der Waals surface area (Å²) in [4.78, 5) is 25.9.